The molecule has 3 atom stereocenters. The molecule has 160 valence electrons. The second-order valence-electron chi connectivity index (χ2n) is 7.62. The van der Waals surface area contributed by atoms with Crippen molar-refractivity contribution >= 4 is 18.9 Å². The summed E-state index contributed by atoms with van der Waals surface area (Å²) in [6.07, 6.45) is -0.883. The van der Waals surface area contributed by atoms with Crippen molar-refractivity contribution < 1.29 is 24.7 Å². The number of aromatic nitrogens is 1. The fourth-order valence-electron chi connectivity index (χ4n) is 2.99. The Morgan fingerprint density at radius 3 is 2.23 bits per heavy atom. The molecule has 2 aromatic rings. The van der Waals surface area contributed by atoms with E-state index in [9.17, 15) is 24.7 Å². The summed E-state index contributed by atoms with van der Waals surface area (Å²) < 4.78 is 0. The molecular weight excluding hydrogens is 385 g/mol. The zero-order chi connectivity index (χ0) is 22.3. The largest absolute Gasteiger partial charge is 0.475 e. The van der Waals surface area contributed by atoms with Crippen LogP contribution in [0.5, 0.6) is 0 Å². The van der Waals surface area contributed by atoms with Gasteiger partial charge in [0.05, 0.1) is 17.7 Å². The third-order valence-electron chi connectivity index (χ3n) is 4.52. The predicted octanol–water partition coefficient (Wildman–Crippen LogP) is 0.771. The number of hydrogen-bond donors (Lipinski definition) is 5. The van der Waals surface area contributed by atoms with Crippen molar-refractivity contribution in [2.75, 3.05) is 0 Å². The molecule has 5 N–H and O–H groups in total. The number of nitrogens with one attached hydrogen (secondary N) is 2. The third kappa shape index (κ3) is 6.65. The van der Waals surface area contributed by atoms with Crippen LogP contribution < -0.4 is 10.6 Å². The number of aliphatic hydroxyl groups excluding tert-OH is 1. The van der Waals surface area contributed by atoms with Crippen LogP contribution in [-0.4, -0.2) is 57.2 Å². The van der Waals surface area contributed by atoms with Gasteiger partial charge in [0.25, 0.3) is 5.91 Å². The number of rotatable bonds is 9. The molecule has 2 amide bonds. The molecule has 1 aromatic carbocycles. The van der Waals surface area contributed by atoms with Crippen molar-refractivity contribution in [3.05, 3.63) is 54.2 Å². The molecule has 0 spiro atoms. The molecule has 8 nitrogen and oxygen atoms in total. The Morgan fingerprint density at radius 2 is 1.67 bits per heavy atom. The highest BCUT2D eigenvalue weighted by Gasteiger charge is 2.32. The second kappa shape index (κ2) is 10.9. The molecular formula is C21H28BN3O5. The van der Waals surface area contributed by atoms with Gasteiger partial charge in [-0.15, -0.1) is 0 Å². The summed E-state index contributed by atoms with van der Waals surface area (Å²) in [6.45, 7) is 5.12. The monoisotopic (exact) mass is 413 g/mol. The average molecular weight is 413 g/mol. The summed E-state index contributed by atoms with van der Waals surface area (Å²) in [4.78, 5) is 29.6. The summed E-state index contributed by atoms with van der Waals surface area (Å²) in [5.74, 6) is -2.16. The summed E-state index contributed by atoms with van der Waals surface area (Å²) in [5.41, 5.74) is 1.53. The van der Waals surface area contributed by atoms with Crippen LogP contribution in [0.4, 0.5) is 0 Å². The van der Waals surface area contributed by atoms with Crippen LogP contribution in [0.1, 0.15) is 37.7 Å². The number of carbonyl (C=O) groups excluding carboxylic acids is 2. The zero-order valence-electron chi connectivity index (χ0n) is 17.3. The molecule has 1 aromatic heterocycles. The molecule has 0 saturated heterocycles. The van der Waals surface area contributed by atoms with E-state index in [1.54, 1.807) is 12.1 Å². The molecule has 0 unspecified atom stereocenters. The van der Waals surface area contributed by atoms with Crippen LogP contribution in [0.2, 0.25) is 0 Å². The summed E-state index contributed by atoms with van der Waals surface area (Å²) >= 11 is 0. The van der Waals surface area contributed by atoms with Crippen molar-refractivity contribution in [1.29, 1.82) is 0 Å². The summed E-state index contributed by atoms with van der Waals surface area (Å²) in [6, 6.07) is 13.0. The van der Waals surface area contributed by atoms with Gasteiger partial charge in [0, 0.05) is 5.56 Å². The molecule has 0 fully saturated rings. The highest BCUT2D eigenvalue weighted by molar-refractivity contribution is 6.43. The maximum Gasteiger partial charge on any atom is 0.475 e. The SMILES string of the molecule is CC(C)C[C@H](NC(=O)[C@H](NC(=O)c1cccc(-c2ccccc2)n1)[C@H](C)O)B(O)O. The minimum absolute atomic E-state index is 0.0933. The summed E-state index contributed by atoms with van der Waals surface area (Å²) in [5, 5.41) is 34.0. The van der Waals surface area contributed by atoms with Crippen molar-refractivity contribution in [3.8, 4) is 11.3 Å². The molecule has 0 aliphatic carbocycles. The minimum atomic E-state index is -1.76. The van der Waals surface area contributed by atoms with Gasteiger partial charge in [-0.1, -0.05) is 50.2 Å². The number of nitrogens with zero attached hydrogens (tertiary/aromatic N) is 1. The smallest absolute Gasteiger partial charge is 0.426 e. The van der Waals surface area contributed by atoms with Crippen molar-refractivity contribution in [3.63, 3.8) is 0 Å². The van der Waals surface area contributed by atoms with E-state index >= 15 is 0 Å². The maximum absolute atomic E-state index is 12.7. The van der Waals surface area contributed by atoms with E-state index in [1.165, 1.54) is 13.0 Å². The van der Waals surface area contributed by atoms with Crippen molar-refractivity contribution in [2.45, 2.75) is 45.3 Å². The first-order valence-corrected chi connectivity index (χ1v) is 9.87. The highest BCUT2D eigenvalue weighted by Crippen LogP contribution is 2.16. The van der Waals surface area contributed by atoms with Crippen molar-refractivity contribution in [2.24, 2.45) is 5.92 Å². The topological polar surface area (TPSA) is 132 Å². The van der Waals surface area contributed by atoms with Crippen LogP contribution >= 0.6 is 0 Å². The lowest BCUT2D eigenvalue weighted by molar-refractivity contribution is -0.125. The predicted molar refractivity (Wildman–Crippen MR) is 114 cm³/mol. The number of pyridine rings is 1. The van der Waals surface area contributed by atoms with E-state index in [2.05, 4.69) is 15.6 Å². The molecule has 1 heterocycles. The first-order chi connectivity index (χ1) is 14.2. The minimum Gasteiger partial charge on any atom is -0.426 e. The molecule has 30 heavy (non-hydrogen) atoms. The van der Waals surface area contributed by atoms with E-state index in [-0.39, 0.29) is 11.6 Å². The third-order valence-corrected chi connectivity index (χ3v) is 4.52. The van der Waals surface area contributed by atoms with Gasteiger partial charge in [0.15, 0.2) is 0 Å². The van der Waals surface area contributed by atoms with E-state index in [0.29, 0.717) is 12.1 Å². The Balaban J connectivity index is 2.14. The Labute approximate surface area is 176 Å². The molecule has 0 saturated carbocycles. The van der Waals surface area contributed by atoms with Crippen molar-refractivity contribution in [1.82, 2.24) is 15.6 Å². The lowest BCUT2D eigenvalue weighted by Crippen LogP contribution is -2.57. The van der Waals surface area contributed by atoms with E-state index in [0.717, 1.165) is 5.56 Å². The zero-order valence-corrected chi connectivity index (χ0v) is 17.3. The van der Waals surface area contributed by atoms with Crippen LogP contribution in [0, 0.1) is 5.92 Å². The number of carbonyl (C=O) groups is 2. The van der Waals surface area contributed by atoms with E-state index in [4.69, 9.17) is 0 Å². The van der Waals surface area contributed by atoms with Gasteiger partial charge in [0.1, 0.15) is 11.7 Å². The molecule has 0 aliphatic heterocycles. The Hall–Kier alpha value is -2.75. The van der Waals surface area contributed by atoms with E-state index in [1.807, 2.05) is 44.2 Å². The van der Waals surface area contributed by atoms with Gasteiger partial charge in [0.2, 0.25) is 5.91 Å². The van der Waals surface area contributed by atoms with E-state index < -0.39 is 37.0 Å². The lowest BCUT2D eigenvalue weighted by atomic mass is 9.75. The Bertz CT molecular complexity index is 846. The van der Waals surface area contributed by atoms with Gasteiger partial charge in [-0.25, -0.2) is 4.98 Å². The van der Waals surface area contributed by atoms with Crippen LogP contribution in [-0.2, 0) is 4.79 Å². The fraction of sp³-hybridized carbons (Fsp3) is 0.381. The molecule has 2 rings (SSSR count). The molecule has 0 bridgehead atoms. The quantitative estimate of drug-likeness (QED) is 0.386. The number of benzene rings is 1. The Morgan fingerprint density at radius 1 is 1.00 bits per heavy atom. The molecule has 0 radical (unpaired) electrons. The van der Waals surface area contributed by atoms with Gasteiger partial charge in [-0.2, -0.15) is 0 Å². The van der Waals surface area contributed by atoms with Gasteiger partial charge in [-0.3, -0.25) is 9.59 Å². The normalized spacial score (nSPS) is 14.0. The fourth-order valence-corrected chi connectivity index (χ4v) is 2.99. The first kappa shape index (κ1) is 23.5. The van der Waals surface area contributed by atoms with Gasteiger partial charge < -0.3 is 25.8 Å². The Kier molecular flexibility index (Phi) is 8.52. The lowest BCUT2D eigenvalue weighted by Gasteiger charge is -2.25. The van der Waals surface area contributed by atoms with Crippen LogP contribution in [0.25, 0.3) is 11.3 Å². The highest BCUT2D eigenvalue weighted by atomic mass is 16.4. The average Bonchev–Trinajstić information content (AvgIpc) is 2.71. The van der Waals surface area contributed by atoms with Gasteiger partial charge in [-0.05, 0) is 31.4 Å². The second-order valence-corrected chi connectivity index (χ2v) is 7.62. The van der Waals surface area contributed by atoms with Crippen LogP contribution in [0.15, 0.2) is 48.5 Å². The standard InChI is InChI=1S/C21H28BN3O5/c1-13(2)12-18(22(29)30)24-21(28)19(14(3)26)25-20(27)17-11-7-10-16(23-17)15-8-5-4-6-9-15/h4-11,13-14,18-19,26,29-30H,12H2,1-3H3,(H,24,28)(H,25,27)/t14-,18-,19+/m0/s1. The summed E-state index contributed by atoms with van der Waals surface area (Å²) in [7, 11) is -1.76. The van der Waals surface area contributed by atoms with Crippen LogP contribution in [0.3, 0.4) is 0 Å². The first-order valence-electron chi connectivity index (χ1n) is 9.87. The number of aliphatic hydroxyl groups is 1. The molecule has 9 heteroatoms. The maximum atomic E-state index is 12.7. The molecule has 0 aliphatic rings. The van der Waals surface area contributed by atoms with Gasteiger partial charge >= 0.3 is 7.12 Å². The number of hydrogen-bond acceptors (Lipinski definition) is 6. The number of amides is 2.